The number of benzene rings is 11. The first kappa shape index (κ1) is 43.9. The molecule has 0 N–H and O–H groups in total. The molecular weight excluding hydrogens is 901 g/mol. The Balaban J connectivity index is 0.796. The lowest BCUT2D eigenvalue weighted by Gasteiger charge is -2.18. The first-order chi connectivity index (χ1) is 36.7. The van der Waals surface area contributed by atoms with Gasteiger partial charge in [-0.05, 0) is 66.1 Å². The van der Waals surface area contributed by atoms with Gasteiger partial charge >= 0.3 is 0 Å². The van der Waals surface area contributed by atoms with Crippen molar-refractivity contribution in [3.8, 4) is 113 Å². The van der Waals surface area contributed by atoms with Crippen LogP contribution in [0, 0.1) is 0 Å². The molecule has 6 heteroatoms. The first-order valence-corrected chi connectivity index (χ1v) is 24.8. The largest absolute Gasteiger partial charge is 0.208 e. The van der Waals surface area contributed by atoms with E-state index < -0.39 is 0 Å². The van der Waals surface area contributed by atoms with Gasteiger partial charge in [-0.2, -0.15) is 0 Å². The summed E-state index contributed by atoms with van der Waals surface area (Å²) in [6, 6.07) is 92.9. The van der Waals surface area contributed by atoms with Gasteiger partial charge in [-0.25, -0.2) is 29.9 Å². The molecule has 0 spiro atoms. The van der Waals surface area contributed by atoms with Crippen LogP contribution in [0.3, 0.4) is 0 Å². The Kier molecular flexibility index (Phi) is 11.4. The molecule has 13 rings (SSSR count). The van der Waals surface area contributed by atoms with Crippen molar-refractivity contribution in [2.75, 3.05) is 0 Å². The van der Waals surface area contributed by atoms with Crippen molar-refractivity contribution < 1.29 is 0 Å². The first-order valence-electron chi connectivity index (χ1n) is 24.8. The number of hydrogen-bond donors (Lipinski definition) is 0. The van der Waals surface area contributed by atoms with Gasteiger partial charge in [0, 0.05) is 33.4 Å². The van der Waals surface area contributed by atoms with Crippen LogP contribution in [0.4, 0.5) is 0 Å². The van der Waals surface area contributed by atoms with Crippen molar-refractivity contribution in [2.45, 2.75) is 0 Å². The van der Waals surface area contributed by atoms with E-state index in [1.165, 1.54) is 43.8 Å². The molecule has 0 amide bonds. The monoisotopic (exact) mass is 944 g/mol. The molecule has 0 unspecified atom stereocenters. The van der Waals surface area contributed by atoms with Crippen molar-refractivity contribution in [1.29, 1.82) is 0 Å². The van der Waals surface area contributed by atoms with E-state index in [0.29, 0.717) is 34.9 Å². The summed E-state index contributed by atoms with van der Waals surface area (Å²) in [5, 5.41) is 4.85. The SMILES string of the molecule is c1ccc(-c2nc(-c3ccccc3)nc(-c3ccc(-c4ccc(-c5c6ccccc6c(-c6ccc(-c7ccc(-c8nc(-c9ccccc9)nc(-c9ccccc9)n8)cc7)cc6)c6ccccc56)cc4)cc3)n2)cc1. The van der Waals surface area contributed by atoms with Gasteiger partial charge in [-0.3, -0.25) is 0 Å². The highest BCUT2D eigenvalue weighted by atomic mass is 15.0. The fraction of sp³-hybridized carbons (Fsp3) is 0. The molecule has 0 aliphatic heterocycles. The van der Waals surface area contributed by atoms with Crippen LogP contribution in [0.15, 0.2) is 267 Å². The van der Waals surface area contributed by atoms with E-state index in [1.54, 1.807) is 0 Å². The smallest absolute Gasteiger partial charge is 0.164 e. The van der Waals surface area contributed by atoms with E-state index >= 15 is 0 Å². The molecule has 2 aromatic heterocycles. The highest BCUT2D eigenvalue weighted by molar-refractivity contribution is 6.21. The molecule has 0 saturated heterocycles. The van der Waals surface area contributed by atoms with Crippen molar-refractivity contribution >= 4 is 21.5 Å². The fourth-order valence-electron chi connectivity index (χ4n) is 9.91. The Bertz CT molecular complexity index is 3670. The zero-order valence-corrected chi connectivity index (χ0v) is 40.1. The number of fused-ring (bicyclic) bond motifs is 2. The van der Waals surface area contributed by atoms with Gasteiger partial charge in [0.05, 0.1) is 0 Å². The van der Waals surface area contributed by atoms with Gasteiger partial charge in [0.15, 0.2) is 34.9 Å². The van der Waals surface area contributed by atoms with Gasteiger partial charge in [0.1, 0.15) is 0 Å². The van der Waals surface area contributed by atoms with Crippen LogP contribution in [0.5, 0.6) is 0 Å². The lowest BCUT2D eigenvalue weighted by molar-refractivity contribution is 1.07. The molecule has 0 bridgehead atoms. The van der Waals surface area contributed by atoms with E-state index in [2.05, 4.69) is 146 Å². The predicted octanol–water partition coefficient (Wildman–Crippen LogP) is 17.0. The van der Waals surface area contributed by atoms with E-state index in [4.69, 9.17) is 29.9 Å². The summed E-state index contributed by atoms with van der Waals surface area (Å²) >= 11 is 0. The number of hydrogen-bond acceptors (Lipinski definition) is 6. The molecule has 0 aliphatic carbocycles. The molecular formula is C68H44N6. The molecule has 2 heterocycles. The lowest BCUT2D eigenvalue weighted by Crippen LogP contribution is -2.00. The molecule has 0 aliphatic rings. The molecule has 74 heavy (non-hydrogen) atoms. The van der Waals surface area contributed by atoms with Crippen LogP contribution < -0.4 is 0 Å². The molecule has 0 fully saturated rings. The second kappa shape index (κ2) is 19.3. The van der Waals surface area contributed by atoms with E-state index in [0.717, 1.165) is 55.6 Å². The van der Waals surface area contributed by atoms with Crippen molar-refractivity contribution in [3.63, 3.8) is 0 Å². The summed E-state index contributed by atoms with van der Waals surface area (Å²) in [4.78, 5) is 29.5. The molecule has 346 valence electrons. The van der Waals surface area contributed by atoms with Crippen LogP contribution >= 0.6 is 0 Å². The summed E-state index contributed by atoms with van der Waals surface area (Å²) in [5.41, 5.74) is 14.9. The van der Waals surface area contributed by atoms with Gasteiger partial charge in [-0.1, -0.05) is 267 Å². The molecule has 13 aromatic rings. The Morgan fingerprint density at radius 2 is 0.297 bits per heavy atom. The maximum Gasteiger partial charge on any atom is 0.164 e. The van der Waals surface area contributed by atoms with Gasteiger partial charge in [-0.15, -0.1) is 0 Å². The van der Waals surface area contributed by atoms with E-state index in [-0.39, 0.29) is 0 Å². The van der Waals surface area contributed by atoms with Gasteiger partial charge in [0.25, 0.3) is 0 Å². The molecule has 0 atom stereocenters. The predicted molar refractivity (Wildman–Crippen MR) is 303 cm³/mol. The summed E-state index contributed by atoms with van der Waals surface area (Å²) < 4.78 is 0. The zero-order valence-electron chi connectivity index (χ0n) is 40.1. The number of aromatic nitrogens is 6. The maximum atomic E-state index is 4.94. The summed E-state index contributed by atoms with van der Waals surface area (Å²) in [7, 11) is 0. The normalized spacial score (nSPS) is 11.2. The van der Waals surface area contributed by atoms with Crippen molar-refractivity contribution in [2.24, 2.45) is 0 Å². The third-order valence-electron chi connectivity index (χ3n) is 13.6. The Morgan fingerprint density at radius 1 is 0.135 bits per heavy atom. The number of nitrogens with zero attached hydrogens (tertiary/aromatic N) is 6. The quantitative estimate of drug-likeness (QED) is 0.127. The molecule has 0 saturated carbocycles. The third kappa shape index (κ3) is 8.56. The van der Waals surface area contributed by atoms with Gasteiger partial charge in [0.2, 0.25) is 0 Å². The molecule has 11 aromatic carbocycles. The third-order valence-corrected chi connectivity index (χ3v) is 13.6. The average molecular weight is 945 g/mol. The summed E-state index contributed by atoms with van der Waals surface area (Å²) in [6.45, 7) is 0. The van der Waals surface area contributed by atoms with E-state index in [1.807, 2.05) is 121 Å². The summed E-state index contributed by atoms with van der Waals surface area (Å²) in [6.07, 6.45) is 0. The minimum atomic E-state index is 0.636. The average Bonchev–Trinajstić information content (AvgIpc) is 3.49. The van der Waals surface area contributed by atoms with Crippen molar-refractivity contribution in [1.82, 2.24) is 29.9 Å². The lowest BCUT2D eigenvalue weighted by atomic mass is 9.85. The van der Waals surface area contributed by atoms with Crippen molar-refractivity contribution in [3.05, 3.63) is 267 Å². The Labute approximate surface area is 429 Å². The van der Waals surface area contributed by atoms with Gasteiger partial charge < -0.3 is 0 Å². The van der Waals surface area contributed by atoms with Crippen LogP contribution in [-0.4, -0.2) is 29.9 Å². The second-order valence-electron chi connectivity index (χ2n) is 18.2. The van der Waals surface area contributed by atoms with Crippen LogP contribution in [0.2, 0.25) is 0 Å². The van der Waals surface area contributed by atoms with Crippen LogP contribution in [0.25, 0.3) is 134 Å². The van der Waals surface area contributed by atoms with Crippen LogP contribution in [0.1, 0.15) is 0 Å². The zero-order chi connectivity index (χ0) is 49.2. The topological polar surface area (TPSA) is 77.3 Å². The maximum absolute atomic E-state index is 4.94. The highest BCUT2D eigenvalue weighted by Crippen LogP contribution is 2.44. The van der Waals surface area contributed by atoms with E-state index in [9.17, 15) is 0 Å². The minimum absolute atomic E-state index is 0.636. The standard InChI is InChI=1S/C68H44N6/c1-5-17-51(18-6-1)63-69-64(52-19-7-2-8-20-52)72-67(71-63)55-41-33-47(34-42-55)45-29-37-49(38-30-45)61-57-25-13-15-27-59(57)62(60-28-16-14-26-58(60)61)50-39-31-46(32-40-50)48-35-43-56(44-36-48)68-73-65(53-21-9-3-10-22-53)70-66(74-68)54-23-11-4-12-24-54/h1-44H. The highest BCUT2D eigenvalue weighted by Gasteiger charge is 2.18. The summed E-state index contributed by atoms with van der Waals surface area (Å²) in [5.74, 6) is 3.86. The molecule has 0 radical (unpaired) electrons. The Morgan fingerprint density at radius 3 is 0.514 bits per heavy atom. The number of rotatable bonds is 10. The minimum Gasteiger partial charge on any atom is -0.208 e. The Hall–Kier alpha value is -10.0. The fourth-order valence-corrected chi connectivity index (χ4v) is 9.91. The second-order valence-corrected chi connectivity index (χ2v) is 18.2. The van der Waals surface area contributed by atoms with Crippen LogP contribution in [-0.2, 0) is 0 Å². The molecule has 6 nitrogen and oxygen atoms in total.